The van der Waals surface area contributed by atoms with Crippen molar-refractivity contribution in [1.29, 1.82) is 5.26 Å². The van der Waals surface area contributed by atoms with Crippen molar-refractivity contribution in [2.45, 2.75) is 0 Å². The fourth-order valence-electron chi connectivity index (χ4n) is 1.15. The van der Waals surface area contributed by atoms with E-state index < -0.39 is 6.09 Å². The lowest BCUT2D eigenvalue weighted by molar-refractivity contribution is 0.131. The van der Waals surface area contributed by atoms with E-state index in [9.17, 15) is 4.79 Å². The first-order chi connectivity index (χ1) is 8.21. The number of nitrogens with one attached hydrogen (secondary N) is 1. The summed E-state index contributed by atoms with van der Waals surface area (Å²) in [5.41, 5.74) is 0.825. The quantitative estimate of drug-likeness (QED) is 0.816. The Morgan fingerprint density at radius 3 is 2.94 bits per heavy atom. The molecule has 6 nitrogen and oxygen atoms in total. The molecule has 2 N–H and O–H groups in total. The molecule has 1 rings (SSSR count). The number of benzene rings is 1. The van der Waals surface area contributed by atoms with Crippen LogP contribution in [-0.2, 0) is 4.74 Å². The van der Waals surface area contributed by atoms with Crippen LogP contribution in [0, 0.1) is 11.3 Å². The smallest absolute Gasteiger partial charge is 0.411 e. The van der Waals surface area contributed by atoms with Crippen LogP contribution < -0.4 is 10.1 Å². The first-order valence-corrected chi connectivity index (χ1v) is 4.84. The normalized spacial score (nSPS) is 9.24. The molecule has 0 saturated heterocycles. The number of amides is 1. The Labute approximate surface area is 98.4 Å². The van der Waals surface area contributed by atoms with Crippen LogP contribution in [-0.4, -0.2) is 31.5 Å². The van der Waals surface area contributed by atoms with Gasteiger partial charge in [0.1, 0.15) is 12.4 Å². The monoisotopic (exact) mass is 236 g/mol. The van der Waals surface area contributed by atoms with Gasteiger partial charge in [0.05, 0.1) is 31.0 Å². The third-order valence-electron chi connectivity index (χ3n) is 1.89. The fraction of sp³-hybridized carbons (Fsp3) is 0.273. The third kappa shape index (κ3) is 3.66. The molecule has 0 saturated carbocycles. The summed E-state index contributed by atoms with van der Waals surface area (Å²) in [7, 11) is 1.43. The number of hydrogen-bond donors (Lipinski definition) is 2. The summed E-state index contributed by atoms with van der Waals surface area (Å²) in [5.74, 6) is 0.366. The van der Waals surface area contributed by atoms with Crippen molar-refractivity contribution in [3.05, 3.63) is 23.8 Å². The van der Waals surface area contributed by atoms with Crippen LogP contribution in [0.25, 0.3) is 0 Å². The van der Waals surface area contributed by atoms with Crippen molar-refractivity contribution in [3.8, 4) is 11.8 Å². The molecule has 1 aromatic carbocycles. The number of methoxy groups -OCH3 is 1. The molecule has 17 heavy (non-hydrogen) atoms. The molecule has 0 aromatic heterocycles. The van der Waals surface area contributed by atoms with Crippen molar-refractivity contribution in [2.24, 2.45) is 0 Å². The average molecular weight is 236 g/mol. The maximum atomic E-state index is 11.2. The zero-order chi connectivity index (χ0) is 12.7. The topological polar surface area (TPSA) is 91.6 Å². The molecular weight excluding hydrogens is 224 g/mol. The summed E-state index contributed by atoms with van der Waals surface area (Å²) in [6.45, 7) is -0.317. The van der Waals surface area contributed by atoms with Crippen LogP contribution in [0.1, 0.15) is 5.56 Å². The number of anilines is 1. The molecule has 90 valence electrons. The summed E-state index contributed by atoms with van der Waals surface area (Å²) < 4.78 is 9.65. The number of aliphatic hydroxyl groups excluding tert-OH is 1. The second-order valence-corrected chi connectivity index (χ2v) is 3.01. The lowest BCUT2D eigenvalue weighted by Crippen LogP contribution is -2.16. The number of aliphatic hydroxyl groups is 1. The van der Waals surface area contributed by atoms with Gasteiger partial charge in [-0.15, -0.1) is 0 Å². The van der Waals surface area contributed by atoms with Gasteiger partial charge < -0.3 is 14.6 Å². The molecule has 1 aromatic rings. The van der Waals surface area contributed by atoms with E-state index in [0.717, 1.165) is 0 Å². The number of nitrogens with zero attached hydrogens (tertiary/aromatic N) is 1. The Kier molecular flexibility index (Phi) is 4.78. The molecule has 1 amide bonds. The van der Waals surface area contributed by atoms with Crippen LogP contribution in [0.2, 0.25) is 0 Å². The van der Waals surface area contributed by atoms with Gasteiger partial charge in [-0.05, 0) is 12.1 Å². The predicted molar refractivity (Wildman–Crippen MR) is 59.8 cm³/mol. The Balaban J connectivity index is 2.77. The van der Waals surface area contributed by atoms with E-state index in [1.165, 1.54) is 19.2 Å². The molecule has 0 aliphatic rings. The zero-order valence-corrected chi connectivity index (χ0v) is 9.27. The van der Waals surface area contributed by atoms with E-state index in [2.05, 4.69) is 10.1 Å². The summed E-state index contributed by atoms with van der Waals surface area (Å²) >= 11 is 0. The SMILES string of the molecule is COc1cc(C#N)ccc1NC(=O)OCCO. The van der Waals surface area contributed by atoms with Crippen molar-refractivity contribution in [1.82, 2.24) is 0 Å². The molecule has 0 aliphatic carbocycles. The number of hydrogen-bond acceptors (Lipinski definition) is 5. The van der Waals surface area contributed by atoms with E-state index in [1.54, 1.807) is 6.07 Å². The van der Waals surface area contributed by atoms with Crippen LogP contribution in [0.3, 0.4) is 0 Å². The molecule has 0 radical (unpaired) electrons. The summed E-state index contributed by atoms with van der Waals surface area (Å²) in [6.07, 6.45) is -0.693. The third-order valence-corrected chi connectivity index (χ3v) is 1.89. The maximum Gasteiger partial charge on any atom is 0.411 e. The molecule has 0 bridgehead atoms. The van der Waals surface area contributed by atoms with Gasteiger partial charge in [0.15, 0.2) is 0 Å². The minimum atomic E-state index is -0.693. The van der Waals surface area contributed by atoms with Gasteiger partial charge in [0, 0.05) is 6.07 Å². The highest BCUT2D eigenvalue weighted by Gasteiger charge is 2.08. The van der Waals surface area contributed by atoms with Gasteiger partial charge in [-0.2, -0.15) is 5.26 Å². The first-order valence-electron chi connectivity index (χ1n) is 4.84. The summed E-state index contributed by atoms with van der Waals surface area (Å²) in [4.78, 5) is 11.2. The molecule has 0 spiro atoms. The van der Waals surface area contributed by atoms with E-state index in [0.29, 0.717) is 17.0 Å². The van der Waals surface area contributed by atoms with Gasteiger partial charge in [-0.3, -0.25) is 5.32 Å². The van der Waals surface area contributed by atoms with Crippen molar-refractivity contribution >= 4 is 11.8 Å². The Hall–Kier alpha value is -2.26. The molecule has 0 unspecified atom stereocenters. The maximum absolute atomic E-state index is 11.2. The lowest BCUT2D eigenvalue weighted by Gasteiger charge is -2.10. The van der Waals surface area contributed by atoms with E-state index in [4.69, 9.17) is 15.1 Å². The molecule has 0 heterocycles. The van der Waals surface area contributed by atoms with Crippen molar-refractivity contribution in [3.63, 3.8) is 0 Å². The number of rotatable bonds is 4. The predicted octanol–water partition coefficient (Wildman–Crippen LogP) is 1.11. The summed E-state index contributed by atoms with van der Waals surface area (Å²) in [5, 5.41) is 19.6. The average Bonchev–Trinajstić information content (AvgIpc) is 2.36. The van der Waals surface area contributed by atoms with Gasteiger partial charge in [-0.25, -0.2) is 4.79 Å². The molecule has 0 atom stereocenters. The summed E-state index contributed by atoms with van der Waals surface area (Å²) in [6, 6.07) is 6.55. The van der Waals surface area contributed by atoms with Gasteiger partial charge in [0.25, 0.3) is 0 Å². The van der Waals surface area contributed by atoms with Crippen molar-refractivity contribution in [2.75, 3.05) is 25.6 Å². The lowest BCUT2D eigenvalue weighted by atomic mass is 10.2. The molecule has 0 fully saturated rings. The molecule has 0 aliphatic heterocycles. The molecule has 6 heteroatoms. The van der Waals surface area contributed by atoms with E-state index >= 15 is 0 Å². The Morgan fingerprint density at radius 1 is 1.59 bits per heavy atom. The Bertz CT molecular complexity index is 440. The fourth-order valence-corrected chi connectivity index (χ4v) is 1.15. The van der Waals surface area contributed by atoms with Crippen LogP contribution in [0.4, 0.5) is 10.5 Å². The van der Waals surface area contributed by atoms with E-state index in [1.807, 2.05) is 6.07 Å². The van der Waals surface area contributed by atoms with Crippen LogP contribution >= 0.6 is 0 Å². The highest BCUT2D eigenvalue weighted by molar-refractivity contribution is 5.86. The standard InChI is InChI=1S/C11H12N2O4/c1-16-10-6-8(7-12)2-3-9(10)13-11(15)17-5-4-14/h2-3,6,14H,4-5H2,1H3,(H,13,15). The largest absolute Gasteiger partial charge is 0.495 e. The highest BCUT2D eigenvalue weighted by atomic mass is 16.6. The number of ether oxygens (including phenoxy) is 2. The zero-order valence-electron chi connectivity index (χ0n) is 9.27. The first kappa shape index (κ1) is 12.8. The van der Waals surface area contributed by atoms with Crippen LogP contribution in [0.15, 0.2) is 18.2 Å². The minimum absolute atomic E-state index is 0.0789. The number of carbonyl (C=O) groups is 1. The second-order valence-electron chi connectivity index (χ2n) is 3.01. The van der Waals surface area contributed by atoms with E-state index in [-0.39, 0.29) is 13.2 Å². The van der Waals surface area contributed by atoms with Gasteiger partial charge in [-0.1, -0.05) is 0 Å². The Morgan fingerprint density at radius 2 is 2.35 bits per heavy atom. The highest BCUT2D eigenvalue weighted by Crippen LogP contribution is 2.25. The van der Waals surface area contributed by atoms with Crippen molar-refractivity contribution < 1.29 is 19.4 Å². The van der Waals surface area contributed by atoms with Crippen LogP contribution in [0.5, 0.6) is 5.75 Å². The minimum Gasteiger partial charge on any atom is -0.495 e. The second kappa shape index (κ2) is 6.35. The number of nitriles is 1. The number of carbonyl (C=O) groups excluding carboxylic acids is 1. The van der Waals surface area contributed by atoms with Gasteiger partial charge in [0.2, 0.25) is 0 Å². The molecular formula is C11H12N2O4. The van der Waals surface area contributed by atoms with Gasteiger partial charge >= 0.3 is 6.09 Å².